The van der Waals surface area contributed by atoms with Crippen LogP contribution in [-0.2, 0) is 25.6 Å². The van der Waals surface area contributed by atoms with E-state index in [2.05, 4.69) is 30.9 Å². The number of aliphatic hydroxyl groups excluding tert-OH is 1. The van der Waals surface area contributed by atoms with Gasteiger partial charge in [-0.05, 0) is 26.7 Å². The molecular weight excluding hydrogens is 450 g/mol. The first-order chi connectivity index (χ1) is 15.9. The Bertz CT molecular complexity index is 854. The zero-order valence-electron chi connectivity index (χ0n) is 19.0. The second-order valence-corrected chi connectivity index (χ2v) is 7.69. The lowest BCUT2D eigenvalue weighted by Crippen LogP contribution is -2.58. The topological polar surface area (TPSA) is 264 Å². The number of nitrogens with two attached hydrogens (primary N) is 3. The van der Waals surface area contributed by atoms with E-state index in [9.17, 15) is 29.4 Å². The van der Waals surface area contributed by atoms with Crippen LogP contribution in [0.25, 0.3) is 0 Å². The van der Waals surface area contributed by atoms with Gasteiger partial charge in [-0.15, -0.1) is 0 Å². The van der Waals surface area contributed by atoms with E-state index in [1.165, 1.54) is 26.4 Å². The average molecular weight is 484 g/mol. The number of rotatable bonds is 14. The van der Waals surface area contributed by atoms with Gasteiger partial charge in [0.25, 0.3) is 0 Å². The predicted molar refractivity (Wildman–Crippen MR) is 121 cm³/mol. The van der Waals surface area contributed by atoms with Gasteiger partial charge in [-0.1, -0.05) is 0 Å². The minimum Gasteiger partial charge on any atom is -0.480 e. The summed E-state index contributed by atoms with van der Waals surface area (Å²) >= 11 is 0. The summed E-state index contributed by atoms with van der Waals surface area (Å²) in [4.78, 5) is 59.4. The molecule has 3 amide bonds. The number of aromatic amines is 1. The molecule has 12 N–H and O–H groups in total. The maximum Gasteiger partial charge on any atom is 0.326 e. The summed E-state index contributed by atoms with van der Waals surface area (Å²) in [5.74, 6) is -3.61. The Morgan fingerprint density at radius 2 is 1.74 bits per heavy atom. The van der Waals surface area contributed by atoms with Crippen molar-refractivity contribution in [1.29, 1.82) is 0 Å². The molecule has 5 unspecified atom stereocenters. The molecule has 0 aromatic carbocycles. The third kappa shape index (κ3) is 9.83. The molecule has 0 bridgehead atoms. The number of carboxylic acid groups (broad SMARTS) is 1. The monoisotopic (exact) mass is 483 g/mol. The van der Waals surface area contributed by atoms with E-state index in [0.29, 0.717) is 12.1 Å². The fraction of sp³-hybridized carbons (Fsp3) is 0.579. The number of carbonyl (C=O) groups is 4. The number of nitrogens with one attached hydrogen (secondary N) is 4. The molecule has 0 fully saturated rings. The molecule has 0 saturated carbocycles. The summed E-state index contributed by atoms with van der Waals surface area (Å²) < 4.78 is 0. The highest BCUT2D eigenvalue weighted by Crippen LogP contribution is 2.03. The smallest absolute Gasteiger partial charge is 0.326 e. The molecule has 0 saturated heterocycles. The van der Waals surface area contributed by atoms with Crippen molar-refractivity contribution in [3.05, 3.63) is 18.2 Å². The van der Waals surface area contributed by atoms with Crippen molar-refractivity contribution < 1.29 is 29.4 Å². The molecule has 1 heterocycles. The SMILES string of the molecule is CC(NC(=O)C(Cc1cnc[nH]1)NC(=O)C(N)C(C)O)C(=O)NC(CCCN=C(N)N)C(=O)O. The number of H-pyrrole nitrogens is 1. The van der Waals surface area contributed by atoms with Crippen molar-refractivity contribution >= 4 is 29.7 Å². The van der Waals surface area contributed by atoms with Crippen LogP contribution in [0.2, 0.25) is 0 Å². The van der Waals surface area contributed by atoms with E-state index >= 15 is 0 Å². The lowest BCUT2D eigenvalue weighted by atomic mass is 10.1. The Balaban J connectivity index is 2.78. The molecule has 34 heavy (non-hydrogen) atoms. The highest BCUT2D eigenvalue weighted by atomic mass is 16.4. The first kappa shape index (κ1) is 28.3. The molecular formula is C19H33N9O6. The van der Waals surface area contributed by atoms with Crippen LogP contribution in [0.15, 0.2) is 17.5 Å². The van der Waals surface area contributed by atoms with Gasteiger partial charge in [0, 0.05) is 24.9 Å². The Hall–Kier alpha value is -3.72. The molecule has 0 spiro atoms. The minimum atomic E-state index is -1.27. The number of aliphatic imine (C=N–C) groups is 1. The standard InChI is InChI=1S/C19H33N9O6/c1-9(15(30)27-12(18(33)34)4-3-5-24-19(21)22)26-16(31)13(6-11-7-23-8-25-11)28-17(32)14(20)10(2)29/h7-10,12-14,29H,3-6,20H2,1-2H3,(H,23,25)(H,26,31)(H,27,30)(H,28,32)(H,33,34)(H4,21,22,24). The number of hydrogen-bond donors (Lipinski definition) is 9. The summed E-state index contributed by atoms with van der Waals surface area (Å²) in [7, 11) is 0. The van der Waals surface area contributed by atoms with E-state index in [1.807, 2.05) is 0 Å². The maximum atomic E-state index is 12.8. The number of aliphatic carboxylic acids is 1. The van der Waals surface area contributed by atoms with Gasteiger partial charge in [-0.25, -0.2) is 9.78 Å². The largest absolute Gasteiger partial charge is 0.480 e. The number of aromatic nitrogens is 2. The third-order valence-corrected chi connectivity index (χ3v) is 4.75. The van der Waals surface area contributed by atoms with Gasteiger partial charge in [-0.3, -0.25) is 19.4 Å². The van der Waals surface area contributed by atoms with E-state index < -0.39 is 54.0 Å². The lowest BCUT2D eigenvalue weighted by Gasteiger charge is -2.24. The van der Waals surface area contributed by atoms with Crippen LogP contribution in [-0.4, -0.2) is 86.6 Å². The molecule has 15 nitrogen and oxygen atoms in total. The maximum absolute atomic E-state index is 12.8. The number of nitrogens with zero attached hydrogens (tertiary/aromatic N) is 2. The number of imidazole rings is 1. The summed E-state index contributed by atoms with van der Waals surface area (Å²) in [6.45, 7) is 2.89. The van der Waals surface area contributed by atoms with E-state index in [-0.39, 0.29) is 25.3 Å². The summed E-state index contributed by atoms with van der Waals surface area (Å²) in [5, 5.41) is 26.1. The Kier molecular flexibility index (Phi) is 11.4. The molecule has 190 valence electrons. The van der Waals surface area contributed by atoms with Crippen LogP contribution in [0, 0.1) is 0 Å². The van der Waals surface area contributed by atoms with Gasteiger partial charge < -0.3 is 48.3 Å². The zero-order valence-corrected chi connectivity index (χ0v) is 19.0. The van der Waals surface area contributed by atoms with E-state index in [4.69, 9.17) is 17.2 Å². The number of amides is 3. The zero-order chi connectivity index (χ0) is 25.8. The van der Waals surface area contributed by atoms with Crippen LogP contribution < -0.4 is 33.2 Å². The number of guanidine groups is 1. The summed E-state index contributed by atoms with van der Waals surface area (Å²) in [6, 6.07) is -4.76. The van der Waals surface area contributed by atoms with Crippen LogP contribution in [0.3, 0.4) is 0 Å². The second-order valence-electron chi connectivity index (χ2n) is 7.69. The lowest BCUT2D eigenvalue weighted by molar-refractivity contribution is -0.142. The Labute approximate surface area is 195 Å². The highest BCUT2D eigenvalue weighted by molar-refractivity contribution is 5.94. The summed E-state index contributed by atoms with van der Waals surface area (Å²) in [6.07, 6.45) is 2.06. The molecule has 1 aromatic rings. The van der Waals surface area contributed by atoms with Crippen LogP contribution >= 0.6 is 0 Å². The molecule has 1 aromatic heterocycles. The molecule has 0 aliphatic carbocycles. The van der Waals surface area contributed by atoms with Gasteiger partial charge in [0.1, 0.15) is 24.2 Å². The van der Waals surface area contributed by atoms with Crippen molar-refractivity contribution in [2.75, 3.05) is 6.54 Å². The predicted octanol–water partition coefficient (Wildman–Crippen LogP) is -3.73. The highest BCUT2D eigenvalue weighted by Gasteiger charge is 2.29. The van der Waals surface area contributed by atoms with Crippen molar-refractivity contribution in [2.24, 2.45) is 22.2 Å². The first-order valence-electron chi connectivity index (χ1n) is 10.5. The average Bonchev–Trinajstić information content (AvgIpc) is 3.27. The van der Waals surface area contributed by atoms with Crippen molar-refractivity contribution in [2.45, 2.75) is 63.4 Å². The van der Waals surface area contributed by atoms with Crippen LogP contribution in [0.5, 0.6) is 0 Å². The Morgan fingerprint density at radius 3 is 2.26 bits per heavy atom. The van der Waals surface area contributed by atoms with Crippen LogP contribution in [0.4, 0.5) is 0 Å². The van der Waals surface area contributed by atoms with Gasteiger partial charge in [-0.2, -0.15) is 0 Å². The molecule has 0 aliphatic rings. The molecule has 0 radical (unpaired) electrons. The first-order valence-corrected chi connectivity index (χ1v) is 10.5. The van der Waals surface area contributed by atoms with Crippen molar-refractivity contribution in [3.63, 3.8) is 0 Å². The van der Waals surface area contributed by atoms with E-state index in [1.54, 1.807) is 0 Å². The van der Waals surface area contributed by atoms with Crippen molar-refractivity contribution in [3.8, 4) is 0 Å². The molecule has 15 heteroatoms. The number of carboxylic acids is 1. The molecule has 5 atom stereocenters. The molecule has 0 aliphatic heterocycles. The molecule has 1 rings (SSSR count). The number of carbonyl (C=O) groups excluding carboxylic acids is 3. The van der Waals surface area contributed by atoms with Gasteiger partial charge in [0.05, 0.1) is 12.4 Å². The fourth-order valence-corrected chi connectivity index (χ4v) is 2.75. The van der Waals surface area contributed by atoms with Gasteiger partial charge in [0.15, 0.2) is 5.96 Å². The van der Waals surface area contributed by atoms with E-state index in [0.717, 1.165) is 0 Å². The second kappa shape index (κ2) is 13.7. The van der Waals surface area contributed by atoms with Gasteiger partial charge in [0.2, 0.25) is 17.7 Å². The van der Waals surface area contributed by atoms with Crippen LogP contribution in [0.1, 0.15) is 32.4 Å². The Morgan fingerprint density at radius 1 is 1.09 bits per heavy atom. The quantitative estimate of drug-likeness (QED) is 0.0709. The third-order valence-electron chi connectivity index (χ3n) is 4.75. The minimum absolute atomic E-state index is 0.000977. The fourth-order valence-electron chi connectivity index (χ4n) is 2.75. The summed E-state index contributed by atoms with van der Waals surface area (Å²) in [5.41, 5.74) is 16.6. The number of hydrogen-bond acceptors (Lipinski definition) is 8. The normalized spacial score (nSPS) is 15.2. The van der Waals surface area contributed by atoms with Crippen molar-refractivity contribution in [1.82, 2.24) is 25.9 Å². The number of aliphatic hydroxyl groups is 1. The van der Waals surface area contributed by atoms with Gasteiger partial charge >= 0.3 is 5.97 Å².